The van der Waals surface area contributed by atoms with E-state index in [2.05, 4.69) is 10.2 Å². The lowest BCUT2D eigenvalue weighted by atomic mass is 9.97. The third kappa shape index (κ3) is 9.29. The summed E-state index contributed by atoms with van der Waals surface area (Å²) in [4.78, 5) is 12.2. The molecule has 3 N–H and O–H groups in total. The summed E-state index contributed by atoms with van der Waals surface area (Å²) >= 11 is 0. The number of carbonyl (C=O) groups is 1. The molecule has 0 saturated carbocycles. The number of likely N-dealkylation sites (tertiary alicyclic amines) is 1. The van der Waals surface area contributed by atoms with Crippen molar-refractivity contribution in [2.75, 3.05) is 46.1 Å². The molecule has 2 unspecified atom stereocenters. The van der Waals surface area contributed by atoms with Crippen LogP contribution < -0.4 is 5.32 Å². The molecule has 0 aliphatic carbocycles. The molecule has 2 aliphatic rings. The number of β-amino-alcohol motifs (C(OH)–C–C–N with tert-alkyl or cyclic N) is 1. The molecule has 0 spiro atoms. The van der Waals surface area contributed by atoms with Crippen LogP contribution in [0.3, 0.4) is 0 Å². The van der Waals surface area contributed by atoms with Crippen LogP contribution in [0.4, 0.5) is 17.6 Å². The number of aliphatic hydroxyl groups excluding tert-OH is 2. The number of hydrogen-bond donors (Lipinski definition) is 3. The number of benzene rings is 2. The van der Waals surface area contributed by atoms with Gasteiger partial charge in [-0.1, -0.05) is 6.07 Å². The summed E-state index contributed by atoms with van der Waals surface area (Å²) in [7, 11) is 0.409. The molecule has 3 heterocycles. The SMILES string of the molecule is CNCc1cc(-c2nn(CC(O)CN3CCC(CO)CC3)c3c2CN(S(C)=O)CC3)ccc1C(F)(F)F.O=Cc1ccc(F)cc1. The average molecular weight is 668 g/mol. The highest BCUT2D eigenvalue weighted by Crippen LogP contribution is 2.36. The van der Waals surface area contributed by atoms with Crippen LogP contribution in [-0.2, 0) is 43.2 Å². The van der Waals surface area contributed by atoms with Crippen molar-refractivity contribution in [3.8, 4) is 11.3 Å². The second kappa shape index (κ2) is 16.2. The van der Waals surface area contributed by atoms with Crippen LogP contribution >= 0.6 is 0 Å². The van der Waals surface area contributed by atoms with Crippen LogP contribution in [-0.4, -0.2) is 91.9 Å². The average Bonchev–Trinajstić information content (AvgIpc) is 3.39. The van der Waals surface area contributed by atoms with Crippen molar-refractivity contribution in [1.82, 2.24) is 24.3 Å². The van der Waals surface area contributed by atoms with Crippen LogP contribution in [0.1, 0.15) is 45.6 Å². The second-order valence-electron chi connectivity index (χ2n) is 11.6. The van der Waals surface area contributed by atoms with Gasteiger partial charge in [0.25, 0.3) is 0 Å². The Morgan fingerprint density at radius 1 is 1.11 bits per heavy atom. The van der Waals surface area contributed by atoms with Gasteiger partial charge in [0, 0.05) is 67.8 Å². The molecule has 1 aromatic heterocycles. The Bertz CT molecular complexity index is 1480. The highest BCUT2D eigenvalue weighted by Gasteiger charge is 2.34. The standard InChI is InChI=1S/C25H36F3N5O3S.C7H5FO/c1-29-12-19-11-18(3-4-22(19)25(26,27)28)24-21-15-32(37(2)36)10-7-23(21)33(30-24)14-20(35)13-31-8-5-17(16-34)6-9-31;8-7-3-1-6(5-9)2-4-7/h3-4,11,17,20,29,34-35H,5-10,12-16H2,1-2H3;1-5H. The minimum Gasteiger partial charge on any atom is -0.396 e. The summed E-state index contributed by atoms with van der Waals surface area (Å²) in [5.74, 6) is -0.00159. The van der Waals surface area contributed by atoms with E-state index in [4.69, 9.17) is 5.10 Å². The van der Waals surface area contributed by atoms with Crippen LogP contribution in [0.2, 0.25) is 0 Å². The number of aromatic nitrogens is 2. The smallest absolute Gasteiger partial charge is 0.396 e. The summed E-state index contributed by atoms with van der Waals surface area (Å²) in [6.07, 6.45) is -0.459. The molecule has 9 nitrogen and oxygen atoms in total. The maximum absolute atomic E-state index is 13.6. The van der Waals surface area contributed by atoms with E-state index < -0.39 is 28.8 Å². The Labute approximate surface area is 268 Å². The summed E-state index contributed by atoms with van der Waals surface area (Å²) < 4.78 is 68.6. The molecule has 5 rings (SSSR count). The zero-order valence-electron chi connectivity index (χ0n) is 26.0. The lowest BCUT2D eigenvalue weighted by molar-refractivity contribution is -0.138. The Morgan fingerprint density at radius 3 is 2.39 bits per heavy atom. The molecular weight excluding hydrogens is 626 g/mol. The van der Waals surface area contributed by atoms with Gasteiger partial charge in [0.15, 0.2) is 0 Å². The van der Waals surface area contributed by atoms with Gasteiger partial charge < -0.3 is 20.4 Å². The molecular formula is C32H41F4N5O4S. The number of aldehydes is 1. The van der Waals surface area contributed by atoms with Gasteiger partial charge in [-0.15, -0.1) is 0 Å². The number of hydrogen-bond acceptors (Lipinski definition) is 7. The minimum absolute atomic E-state index is 0.0579. The number of piperidine rings is 1. The van der Waals surface area contributed by atoms with E-state index in [1.165, 1.54) is 36.4 Å². The molecule has 14 heteroatoms. The highest BCUT2D eigenvalue weighted by molar-refractivity contribution is 7.81. The monoisotopic (exact) mass is 667 g/mol. The zero-order chi connectivity index (χ0) is 33.4. The minimum atomic E-state index is -4.46. The van der Waals surface area contributed by atoms with Crippen LogP contribution in [0.25, 0.3) is 11.3 Å². The van der Waals surface area contributed by atoms with E-state index >= 15 is 0 Å². The third-order valence-corrected chi connectivity index (χ3v) is 9.38. The van der Waals surface area contributed by atoms with Crippen molar-refractivity contribution in [2.45, 2.75) is 51.2 Å². The molecule has 1 fully saturated rings. The first-order valence-corrected chi connectivity index (χ1v) is 16.7. The summed E-state index contributed by atoms with van der Waals surface area (Å²) in [6.45, 7) is 3.59. The molecule has 252 valence electrons. The van der Waals surface area contributed by atoms with Gasteiger partial charge in [-0.3, -0.25) is 9.48 Å². The lowest BCUT2D eigenvalue weighted by Gasteiger charge is -2.32. The number of alkyl halides is 3. The number of carbonyl (C=O) groups excluding carboxylic acids is 1. The molecule has 2 aliphatic heterocycles. The first-order chi connectivity index (χ1) is 21.9. The van der Waals surface area contributed by atoms with E-state index in [0.717, 1.165) is 43.3 Å². The van der Waals surface area contributed by atoms with Gasteiger partial charge >= 0.3 is 6.18 Å². The lowest BCUT2D eigenvalue weighted by Crippen LogP contribution is -2.41. The predicted octanol–water partition coefficient (Wildman–Crippen LogP) is 3.64. The van der Waals surface area contributed by atoms with Crippen LogP contribution in [0.5, 0.6) is 0 Å². The van der Waals surface area contributed by atoms with Crippen molar-refractivity contribution in [3.05, 3.63) is 76.2 Å². The molecule has 0 bridgehead atoms. The zero-order valence-corrected chi connectivity index (χ0v) is 26.8. The summed E-state index contributed by atoms with van der Waals surface area (Å²) in [6, 6.07) is 9.43. The first-order valence-electron chi connectivity index (χ1n) is 15.2. The fourth-order valence-electron chi connectivity index (χ4n) is 5.87. The van der Waals surface area contributed by atoms with Crippen molar-refractivity contribution in [3.63, 3.8) is 0 Å². The van der Waals surface area contributed by atoms with E-state index in [0.29, 0.717) is 55.1 Å². The van der Waals surface area contributed by atoms with Gasteiger partial charge in [-0.2, -0.15) is 18.3 Å². The molecule has 0 radical (unpaired) electrons. The van der Waals surface area contributed by atoms with E-state index in [1.54, 1.807) is 18.0 Å². The Hall–Kier alpha value is -3.01. The van der Waals surface area contributed by atoms with Crippen molar-refractivity contribution in [1.29, 1.82) is 0 Å². The summed E-state index contributed by atoms with van der Waals surface area (Å²) in [5, 5.41) is 27.8. The van der Waals surface area contributed by atoms with Gasteiger partial charge in [0.1, 0.15) is 12.1 Å². The first kappa shape index (κ1) is 35.8. The third-order valence-electron chi connectivity index (χ3n) is 8.34. The molecule has 46 heavy (non-hydrogen) atoms. The van der Waals surface area contributed by atoms with Gasteiger partial charge in [0.05, 0.1) is 34.9 Å². The van der Waals surface area contributed by atoms with Gasteiger partial charge in [-0.05, 0) is 80.9 Å². The second-order valence-corrected chi connectivity index (χ2v) is 13.0. The normalized spacial score (nSPS) is 17.6. The van der Waals surface area contributed by atoms with Gasteiger partial charge in [-0.25, -0.2) is 12.9 Å². The molecule has 3 aromatic rings. The number of nitrogens with one attached hydrogen (secondary N) is 1. The van der Waals surface area contributed by atoms with E-state index in [-0.39, 0.29) is 31.1 Å². The molecule has 0 amide bonds. The number of aliphatic hydroxyl groups is 2. The Kier molecular flexibility index (Phi) is 12.6. The predicted molar refractivity (Wildman–Crippen MR) is 168 cm³/mol. The number of fused-ring (bicyclic) bond motifs is 1. The summed E-state index contributed by atoms with van der Waals surface area (Å²) in [5.41, 5.74) is 2.84. The van der Waals surface area contributed by atoms with Crippen LogP contribution in [0.15, 0.2) is 42.5 Å². The van der Waals surface area contributed by atoms with Crippen molar-refractivity contribution >= 4 is 17.3 Å². The molecule has 2 atom stereocenters. The molecule has 2 aromatic carbocycles. The van der Waals surface area contributed by atoms with Crippen molar-refractivity contribution in [2.24, 2.45) is 5.92 Å². The number of rotatable bonds is 10. The largest absolute Gasteiger partial charge is 0.416 e. The van der Waals surface area contributed by atoms with E-state index in [1.807, 2.05) is 4.31 Å². The molecule has 1 saturated heterocycles. The maximum atomic E-state index is 13.6. The maximum Gasteiger partial charge on any atom is 0.416 e. The Balaban J connectivity index is 0.000000459. The fraction of sp³-hybridized carbons (Fsp3) is 0.500. The van der Waals surface area contributed by atoms with E-state index in [9.17, 15) is 36.8 Å². The Morgan fingerprint density at radius 2 is 1.80 bits per heavy atom. The van der Waals surface area contributed by atoms with Crippen LogP contribution in [0, 0.1) is 11.7 Å². The number of halogens is 4. The van der Waals surface area contributed by atoms with Gasteiger partial charge in [0.2, 0.25) is 0 Å². The number of nitrogens with zero attached hydrogens (tertiary/aromatic N) is 4. The topological polar surface area (TPSA) is 111 Å². The van der Waals surface area contributed by atoms with Crippen molar-refractivity contribution < 1.29 is 36.8 Å². The highest BCUT2D eigenvalue weighted by atomic mass is 32.2. The fourth-order valence-corrected chi connectivity index (χ4v) is 6.53. The quantitative estimate of drug-likeness (QED) is 0.224.